The third-order valence-corrected chi connectivity index (χ3v) is 2.69. The van der Waals surface area contributed by atoms with Crippen molar-refractivity contribution in [2.45, 2.75) is 6.42 Å². The molecule has 0 spiro atoms. The van der Waals surface area contributed by atoms with Crippen LogP contribution in [0, 0.1) is 28.8 Å². The van der Waals surface area contributed by atoms with E-state index in [4.69, 9.17) is 11.0 Å². The zero-order chi connectivity index (χ0) is 14.7. The Bertz CT molecular complexity index is 670. The van der Waals surface area contributed by atoms with E-state index in [0.717, 1.165) is 0 Å². The summed E-state index contributed by atoms with van der Waals surface area (Å²) >= 11 is 0. The maximum Gasteiger partial charge on any atom is 0.152 e. The average Bonchev–Trinajstić information content (AvgIpc) is 2.37. The minimum Gasteiger partial charge on any atom is -0.398 e. The molecule has 0 aromatic heterocycles. The van der Waals surface area contributed by atoms with Crippen LogP contribution in [-0.4, -0.2) is 0 Å². The standard InChI is InChI=1S/C14H10F3N3/c15-9-6-11(16)14(12(17)7-9)20-10-1-2-13(19)8(5-10)3-4-18/h1-2,5-7,20H,3,19H2. The molecular weight excluding hydrogens is 267 g/mol. The predicted octanol–water partition coefficient (Wildman–Crippen LogP) is 3.50. The predicted molar refractivity (Wildman–Crippen MR) is 69.8 cm³/mol. The van der Waals surface area contributed by atoms with Gasteiger partial charge in [-0.25, -0.2) is 13.2 Å². The number of nitriles is 1. The fraction of sp³-hybridized carbons (Fsp3) is 0.0714. The van der Waals surface area contributed by atoms with Gasteiger partial charge in [-0.1, -0.05) is 0 Å². The van der Waals surface area contributed by atoms with Crippen LogP contribution in [-0.2, 0) is 6.42 Å². The second-order valence-corrected chi connectivity index (χ2v) is 4.12. The zero-order valence-electron chi connectivity index (χ0n) is 10.3. The number of hydrogen-bond acceptors (Lipinski definition) is 3. The minimum atomic E-state index is -1.04. The second kappa shape index (κ2) is 5.53. The first-order chi connectivity index (χ1) is 9.51. The van der Waals surface area contributed by atoms with Gasteiger partial charge >= 0.3 is 0 Å². The van der Waals surface area contributed by atoms with E-state index in [0.29, 0.717) is 29.1 Å². The molecule has 3 N–H and O–H groups in total. The molecule has 0 aliphatic heterocycles. The fourth-order valence-corrected chi connectivity index (χ4v) is 1.73. The van der Waals surface area contributed by atoms with Crippen molar-refractivity contribution in [2.24, 2.45) is 0 Å². The lowest BCUT2D eigenvalue weighted by atomic mass is 10.1. The molecule has 2 rings (SSSR count). The highest BCUT2D eigenvalue weighted by molar-refractivity contribution is 5.65. The molecule has 20 heavy (non-hydrogen) atoms. The highest BCUT2D eigenvalue weighted by Gasteiger charge is 2.12. The number of nitrogens with two attached hydrogens (primary N) is 1. The summed E-state index contributed by atoms with van der Waals surface area (Å²) in [6.07, 6.45) is 0.0791. The molecule has 0 bridgehead atoms. The Morgan fingerprint density at radius 1 is 1.10 bits per heavy atom. The van der Waals surface area contributed by atoms with Gasteiger partial charge < -0.3 is 11.1 Å². The van der Waals surface area contributed by atoms with Crippen molar-refractivity contribution < 1.29 is 13.2 Å². The van der Waals surface area contributed by atoms with E-state index in [2.05, 4.69) is 5.32 Å². The third-order valence-electron chi connectivity index (χ3n) is 2.69. The van der Waals surface area contributed by atoms with Gasteiger partial charge in [-0.05, 0) is 23.8 Å². The molecule has 0 saturated carbocycles. The Hall–Kier alpha value is -2.68. The first-order valence-electron chi connectivity index (χ1n) is 5.68. The van der Waals surface area contributed by atoms with Crippen molar-refractivity contribution in [3.05, 3.63) is 53.3 Å². The molecule has 102 valence electrons. The average molecular weight is 277 g/mol. The van der Waals surface area contributed by atoms with E-state index in [1.807, 2.05) is 6.07 Å². The fourth-order valence-electron chi connectivity index (χ4n) is 1.73. The van der Waals surface area contributed by atoms with Crippen LogP contribution in [0.2, 0.25) is 0 Å². The van der Waals surface area contributed by atoms with Crippen LogP contribution in [0.5, 0.6) is 0 Å². The van der Waals surface area contributed by atoms with E-state index in [1.54, 1.807) is 0 Å². The van der Waals surface area contributed by atoms with Crippen molar-refractivity contribution in [1.82, 2.24) is 0 Å². The van der Waals surface area contributed by atoms with Gasteiger partial charge in [0.15, 0.2) is 11.6 Å². The van der Waals surface area contributed by atoms with Crippen molar-refractivity contribution in [2.75, 3.05) is 11.1 Å². The molecule has 0 amide bonds. The summed E-state index contributed by atoms with van der Waals surface area (Å²) in [5.74, 6) is -3.07. The number of nitrogens with one attached hydrogen (secondary N) is 1. The summed E-state index contributed by atoms with van der Waals surface area (Å²) in [5.41, 5.74) is 6.52. The van der Waals surface area contributed by atoms with Gasteiger partial charge in [0, 0.05) is 23.5 Å². The van der Waals surface area contributed by atoms with Gasteiger partial charge in [-0.2, -0.15) is 5.26 Å². The normalized spacial score (nSPS) is 10.1. The smallest absolute Gasteiger partial charge is 0.152 e. The second-order valence-electron chi connectivity index (χ2n) is 4.12. The Morgan fingerprint density at radius 2 is 1.75 bits per heavy atom. The van der Waals surface area contributed by atoms with E-state index >= 15 is 0 Å². The monoisotopic (exact) mass is 277 g/mol. The largest absolute Gasteiger partial charge is 0.398 e. The van der Waals surface area contributed by atoms with Crippen LogP contribution in [0.4, 0.5) is 30.2 Å². The summed E-state index contributed by atoms with van der Waals surface area (Å²) in [4.78, 5) is 0. The Kier molecular flexibility index (Phi) is 3.80. The molecular formula is C14H10F3N3. The van der Waals surface area contributed by atoms with Crippen molar-refractivity contribution in [3.63, 3.8) is 0 Å². The number of anilines is 3. The quantitative estimate of drug-likeness (QED) is 0.844. The maximum atomic E-state index is 13.5. The third kappa shape index (κ3) is 2.83. The Morgan fingerprint density at radius 3 is 2.35 bits per heavy atom. The molecule has 0 saturated heterocycles. The molecule has 6 heteroatoms. The van der Waals surface area contributed by atoms with Crippen LogP contribution in [0.15, 0.2) is 30.3 Å². The maximum absolute atomic E-state index is 13.5. The van der Waals surface area contributed by atoms with Gasteiger partial charge in [-0.15, -0.1) is 0 Å². The lowest BCUT2D eigenvalue weighted by molar-refractivity contribution is 0.549. The molecule has 0 aliphatic carbocycles. The number of rotatable bonds is 3. The van der Waals surface area contributed by atoms with Crippen LogP contribution >= 0.6 is 0 Å². The van der Waals surface area contributed by atoms with Crippen molar-refractivity contribution >= 4 is 17.1 Å². The van der Waals surface area contributed by atoms with Crippen molar-refractivity contribution in [1.29, 1.82) is 5.26 Å². The van der Waals surface area contributed by atoms with E-state index in [9.17, 15) is 13.2 Å². The van der Waals surface area contributed by atoms with Crippen LogP contribution in [0.25, 0.3) is 0 Å². The lowest BCUT2D eigenvalue weighted by Crippen LogP contribution is -2.01. The van der Waals surface area contributed by atoms with Crippen LogP contribution in [0.1, 0.15) is 5.56 Å². The molecule has 0 atom stereocenters. The van der Waals surface area contributed by atoms with E-state index < -0.39 is 23.1 Å². The van der Waals surface area contributed by atoms with Gasteiger partial charge in [-0.3, -0.25) is 0 Å². The summed E-state index contributed by atoms with van der Waals surface area (Å²) in [7, 11) is 0. The number of benzene rings is 2. The van der Waals surface area contributed by atoms with Gasteiger partial charge in [0.25, 0.3) is 0 Å². The lowest BCUT2D eigenvalue weighted by Gasteiger charge is -2.11. The van der Waals surface area contributed by atoms with Crippen LogP contribution in [0.3, 0.4) is 0 Å². The summed E-state index contributed by atoms with van der Waals surface area (Å²) in [6, 6.07) is 7.65. The highest BCUT2D eigenvalue weighted by Crippen LogP contribution is 2.26. The molecule has 0 unspecified atom stereocenters. The van der Waals surface area contributed by atoms with E-state index in [-0.39, 0.29) is 6.42 Å². The summed E-state index contributed by atoms with van der Waals surface area (Å²) < 4.78 is 39.8. The molecule has 0 aliphatic rings. The molecule has 3 nitrogen and oxygen atoms in total. The summed E-state index contributed by atoms with van der Waals surface area (Å²) in [5, 5.41) is 11.2. The molecule has 0 heterocycles. The van der Waals surface area contributed by atoms with Gasteiger partial charge in [0.2, 0.25) is 0 Å². The topological polar surface area (TPSA) is 61.8 Å². The first kappa shape index (κ1) is 13.7. The SMILES string of the molecule is N#CCc1cc(Nc2c(F)cc(F)cc2F)ccc1N. The zero-order valence-corrected chi connectivity index (χ0v) is 10.3. The number of hydrogen-bond donors (Lipinski definition) is 2. The molecule has 0 fully saturated rings. The first-order valence-corrected chi connectivity index (χ1v) is 5.68. The van der Waals surface area contributed by atoms with Crippen LogP contribution < -0.4 is 11.1 Å². The highest BCUT2D eigenvalue weighted by atomic mass is 19.1. The number of nitrogens with zero attached hydrogens (tertiary/aromatic N) is 1. The van der Waals surface area contributed by atoms with Gasteiger partial charge in [0.1, 0.15) is 11.5 Å². The number of nitrogen functional groups attached to an aromatic ring is 1. The molecule has 2 aromatic rings. The van der Waals surface area contributed by atoms with E-state index in [1.165, 1.54) is 18.2 Å². The number of halogens is 3. The molecule has 0 radical (unpaired) electrons. The Balaban J connectivity index is 2.36. The van der Waals surface area contributed by atoms with Gasteiger partial charge in [0.05, 0.1) is 12.5 Å². The molecule has 2 aromatic carbocycles. The Labute approximate surface area is 113 Å². The minimum absolute atomic E-state index is 0.0791. The van der Waals surface area contributed by atoms with Crippen molar-refractivity contribution in [3.8, 4) is 6.07 Å². The summed E-state index contributed by atoms with van der Waals surface area (Å²) in [6.45, 7) is 0.